The van der Waals surface area contributed by atoms with Crippen molar-refractivity contribution in [2.45, 2.75) is 0 Å². The maximum atomic E-state index is 8.88. The molecule has 0 rings (SSSR count). The number of phosphoric acid groups is 1. The second-order valence-electron chi connectivity index (χ2n) is 0.513. The van der Waals surface area contributed by atoms with Crippen molar-refractivity contribution in [1.29, 1.82) is 0 Å². The first kappa shape index (κ1) is 23.4. The Morgan fingerprint density at radius 1 is 1.11 bits per heavy atom. The molecule has 0 unspecified atom stereocenters. The van der Waals surface area contributed by atoms with Crippen LogP contribution in [0.4, 0.5) is 0 Å². The van der Waals surface area contributed by atoms with E-state index in [9.17, 15) is 0 Å². The molecule has 4 nitrogen and oxygen atoms in total. The predicted octanol–water partition coefficient (Wildman–Crippen LogP) is -2.45. The van der Waals surface area contributed by atoms with Gasteiger partial charge in [0.05, 0.1) is 0 Å². The molecule has 0 aliphatic carbocycles. The molecule has 0 saturated carbocycles. The summed E-state index contributed by atoms with van der Waals surface area (Å²) in [6, 6.07) is 0. The Hall–Kier alpha value is 4.56. The van der Waals surface area contributed by atoms with Gasteiger partial charge in [0.15, 0.2) is 0 Å². The standard InChI is InChI=1S/2Ca.ClH.K.H3O4P.4H/c;;;;1-5(2,3)4;;;;/h;;1H;;(H3,1,2,3,4);;;;/q;;;+1;;;;;/p-1. The zero-order valence-electron chi connectivity index (χ0n) is 3.58. The van der Waals surface area contributed by atoms with Crippen molar-refractivity contribution in [3.63, 3.8) is 0 Å². The number of hydrogen-bond donors (Lipinski definition) is 3. The second kappa shape index (κ2) is 15.0. The van der Waals surface area contributed by atoms with Crippen LogP contribution in [0.25, 0.3) is 0 Å². The van der Waals surface area contributed by atoms with Gasteiger partial charge in [-0.2, -0.15) is 0 Å². The zero-order chi connectivity index (χ0) is 6.50. The van der Waals surface area contributed by atoms with Crippen LogP contribution in [-0.2, 0) is 4.57 Å². The first-order chi connectivity index (χ1) is 3.00. The first-order valence-corrected chi connectivity index (χ1v) is 7.02. The molecule has 0 aliphatic heterocycles. The van der Waals surface area contributed by atoms with Crippen molar-refractivity contribution in [2.24, 2.45) is 0 Å². The maximum absolute atomic E-state index is 8.88. The van der Waals surface area contributed by atoms with Gasteiger partial charge in [-0.3, -0.25) is 0 Å². The monoisotopic (exact) mass is 256 g/mol. The van der Waals surface area contributed by atoms with Gasteiger partial charge < -0.3 is 14.7 Å². The third-order valence-corrected chi connectivity index (χ3v) is 0. The Labute approximate surface area is 149 Å². The molecule has 0 heterocycles. The summed E-state index contributed by atoms with van der Waals surface area (Å²) in [4.78, 5) is 21.6. The van der Waals surface area contributed by atoms with Gasteiger partial charge in [0.2, 0.25) is 0 Å². The van der Waals surface area contributed by atoms with E-state index in [-0.39, 0.29) is 75.5 Å². The molecule has 0 radical (unpaired) electrons. The quantitative estimate of drug-likeness (QED) is 0.332. The van der Waals surface area contributed by atoms with Crippen LogP contribution < -0.4 is 0 Å². The molecule has 0 bridgehead atoms. The molecule has 0 saturated heterocycles. The fourth-order valence-electron chi connectivity index (χ4n) is 0. The molecule has 0 aromatic carbocycles. The van der Waals surface area contributed by atoms with E-state index in [0.29, 0.717) is 47.1 Å². The molecular weight excluding hydrogens is 250 g/mol. The molecule has 0 spiro atoms. The van der Waals surface area contributed by atoms with Gasteiger partial charge >= 0.3 is 134 Å². The molecule has 9 heteroatoms. The first-order valence-electron chi connectivity index (χ1n) is 1.16. The van der Waals surface area contributed by atoms with Crippen LogP contribution in [0.3, 0.4) is 0 Å². The van der Waals surface area contributed by atoms with E-state index in [1.165, 1.54) is 0 Å². The van der Waals surface area contributed by atoms with Crippen LogP contribution in [0.15, 0.2) is 0 Å². The van der Waals surface area contributed by atoms with Crippen LogP contribution in [-0.4, -0.2) is 137 Å². The van der Waals surface area contributed by atoms with Gasteiger partial charge in [0, 0.05) is 0 Å². The molecule has 0 amide bonds. The van der Waals surface area contributed by atoms with Crippen molar-refractivity contribution in [1.82, 2.24) is 0 Å². The topological polar surface area (TPSA) is 77.8 Å². The Morgan fingerprint density at radius 2 is 1.11 bits per heavy atom. The van der Waals surface area contributed by atoms with Crippen molar-refractivity contribution >= 4 is 134 Å². The number of hydrogen-bond acceptors (Lipinski definition) is 1. The van der Waals surface area contributed by atoms with E-state index in [1.54, 1.807) is 0 Å². The van der Waals surface area contributed by atoms with Crippen molar-refractivity contribution < 1.29 is 19.2 Å². The Morgan fingerprint density at radius 3 is 1.11 bits per heavy atom. The molecule has 0 aromatic rings. The van der Waals surface area contributed by atoms with Gasteiger partial charge in [-0.25, -0.2) is 4.57 Å². The average molecular weight is 257 g/mol. The van der Waals surface area contributed by atoms with Gasteiger partial charge in [0.1, 0.15) is 0 Å². The SMILES string of the molecule is O=P(O)(O)O.[CaH2].[CaH2].[Cl][K]. The molecule has 0 fully saturated rings. The summed E-state index contributed by atoms with van der Waals surface area (Å²) in [6.45, 7) is 0. The molecule has 0 aromatic heterocycles. The third kappa shape index (κ3) is 67.4. The van der Waals surface area contributed by atoms with Gasteiger partial charge in [-0.05, 0) is 0 Å². The summed E-state index contributed by atoms with van der Waals surface area (Å²) in [5, 5.41) is 0. The van der Waals surface area contributed by atoms with E-state index in [4.69, 9.17) is 23.0 Å². The van der Waals surface area contributed by atoms with E-state index in [2.05, 4.69) is 0 Å². The summed E-state index contributed by atoms with van der Waals surface area (Å²) in [5.74, 6) is 0. The Kier molecular flexibility index (Phi) is 39.1. The fraction of sp³-hybridized carbons (Fsp3) is 0. The van der Waals surface area contributed by atoms with Crippen LogP contribution in [0, 0.1) is 0 Å². The minimum atomic E-state index is -4.64. The van der Waals surface area contributed by atoms with E-state index in [1.807, 2.05) is 0 Å². The zero-order valence-corrected chi connectivity index (χ0v) is 8.35. The Balaban J connectivity index is -0.0000000286. The van der Waals surface area contributed by atoms with Crippen molar-refractivity contribution in [2.75, 3.05) is 0 Å². The summed E-state index contributed by atoms with van der Waals surface area (Å²) in [7, 11) is -4.64. The van der Waals surface area contributed by atoms with Crippen LogP contribution in [0.1, 0.15) is 0 Å². The van der Waals surface area contributed by atoms with Crippen LogP contribution >= 0.6 is 11.6 Å². The minimum absolute atomic E-state index is 0. The average Bonchev–Trinajstić information content (AvgIpc) is 1.36. The second-order valence-corrected chi connectivity index (χ2v) is 1.54. The Bertz CT molecular complexity index is 64.7. The van der Waals surface area contributed by atoms with Crippen molar-refractivity contribution in [3.05, 3.63) is 0 Å². The van der Waals surface area contributed by atoms with Crippen LogP contribution in [0.5, 0.6) is 0 Å². The van der Waals surface area contributed by atoms with E-state index >= 15 is 0 Å². The molecule has 0 atom stereocenters. The summed E-state index contributed by atoms with van der Waals surface area (Å²) >= 11 is 0.535. The summed E-state index contributed by atoms with van der Waals surface area (Å²) in [5.41, 5.74) is 0. The normalized spacial score (nSPS) is 7.33. The number of rotatable bonds is 0. The molecule has 3 N–H and O–H groups in total. The van der Waals surface area contributed by atoms with Crippen molar-refractivity contribution in [3.8, 4) is 0 Å². The van der Waals surface area contributed by atoms with Crippen LogP contribution in [0.2, 0.25) is 0 Å². The molecular formula is H7Ca2ClKO4P. The number of halogens is 1. The fourth-order valence-corrected chi connectivity index (χ4v) is 0. The molecule has 9 heavy (non-hydrogen) atoms. The summed E-state index contributed by atoms with van der Waals surface area (Å²) < 4.78 is 13.7. The molecule has 48 valence electrons. The van der Waals surface area contributed by atoms with Gasteiger partial charge in [-0.1, -0.05) is 0 Å². The summed E-state index contributed by atoms with van der Waals surface area (Å²) in [6.07, 6.45) is 0. The third-order valence-electron chi connectivity index (χ3n) is 0. The molecule has 0 aliphatic rings. The van der Waals surface area contributed by atoms with Gasteiger partial charge in [-0.15, -0.1) is 0 Å². The van der Waals surface area contributed by atoms with Gasteiger partial charge in [0.25, 0.3) is 0 Å². The predicted molar refractivity (Wildman–Crippen MR) is 43.0 cm³/mol. The van der Waals surface area contributed by atoms with E-state index < -0.39 is 7.82 Å². The van der Waals surface area contributed by atoms with E-state index in [0.717, 1.165) is 0 Å².